The van der Waals surface area contributed by atoms with E-state index >= 15 is 0 Å². The van der Waals surface area contributed by atoms with E-state index in [2.05, 4.69) is 28.2 Å². The molecule has 0 saturated carbocycles. The Hall–Kier alpha value is -0.0400. The van der Waals surface area contributed by atoms with Crippen LogP contribution in [0.3, 0.4) is 0 Å². The number of halogens is 1. The van der Waals surface area contributed by atoms with Crippen LogP contribution in [-0.2, 0) is 0 Å². The fourth-order valence-electron chi connectivity index (χ4n) is 0.504. The molecule has 52 valence electrons. The maximum absolute atomic E-state index is 8.53. The molecule has 0 aliphatic rings. The summed E-state index contributed by atoms with van der Waals surface area (Å²) in [5.74, 6) is 0. The van der Waals surface area contributed by atoms with Crippen molar-refractivity contribution in [3.63, 3.8) is 0 Å². The van der Waals surface area contributed by atoms with Crippen molar-refractivity contribution in [2.24, 2.45) is 0 Å². The Kier molecular flexibility index (Phi) is 3.87. The van der Waals surface area contributed by atoms with Gasteiger partial charge in [-0.05, 0) is 19.4 Å². The quantitative estimate of drug-likeness (QED) is 0.533. The van der Waals surface area contributed by atoms with Crippen LogP contribution >= 0.6 is 15.9 Å². The van der Waals surface area contributed by atoms with Crippen molar-refractivity contribution in [1.29, 1.82) is 0 Å². The Labute approximate surface area is 64.2 Å². The van der Waals surface area contributed by atoms with E-state index in [-0.39, 0.29) is 10.9 Å². The number of rotatable bonds is 3. The van der Waals surface area contributed by atoms with Crippen LogP contribution in [0.15, 0.2) is 18.4 Å². The summed E-state index contributed by atoms with van der Waals surface area (Å²) >= 11 is 3.38. The second kappa shape index (κ2) is 3.89. The zero-order valence-electron chi connectivity index (χ0n) is 5.52. The molecular formula is C7H11BrO. The summed E-state index contributed by atoms with van der Waals surface area (Å²) in [5.41, 5.74) is 2.66. The fourth-order valence-corrected chi connectivity index (χ4v) is 0.843. The van der Waals surface area contributed by atoms with Crippen molar-refractivity contribution in [1.82, 2.24) is 0 Å². The van der Waals surface area contributed by atoms with Crippen molar-refractivity contribution in [3.05, 3.63) is 18.4 Å². The number of hydrogen-bond acceptors (Lipinski definition) is 1. The largest absolute Gasteiger partial charge is 0.396 e. The van der Waals surface area contributed by atoms with Gasteiger partial charge in [-0.3, -0.25) is 0 Å². The van der Waals surface area contributed by atoms with Crippen LogP contribution in [0, 0.1) is 0 Å². The van der Waals surface area contributed by atoms with Crippen molar-refractivity contribution in [2.75, 3.05) is 6.61 Å². The van der Waals surface area contributed by atoms with Crippen LogP contribution in [0.4, 0.5) is 0 Å². The van der Waals surface area contributed by atoms with Crippen molar-refractivity contribution >= 4 is 15.9 Å². The van der Waals surface area contributed by atoms with E-state index in [1.54, 1.807) is 6.08 Å². The van der Waals surface area contributed by atoms with Crippen LogP contribution in [-0.4, -0.2) is 16.0 Å². The average Bonchev–Trinajstić information content (AvgIpc) is 1.64. The van der Waals surface area contributed by atoms with Gasteiger partial charge in [-0.2, -0.15) is 0 Å². The molecule has 0 heterocycles. The Morgan fingerprint density at radius 1 is 1.89 bits per heavy atom. The van der Waals surface area contributed by atoms with Gasteiger partial charge in [0.25, 0.3) is 0 Å². The van der Waals surface area contributed by atoms with E-state index in [0.29, 0.717) is 6.42 Å². The Bertz CT molecular complexity index is 123. The minimum absolute atomic E-state index is 0.135. The van der Waals surface area contributed by atoms with Crippen LogP contribution in [0.1, 0.15) is 13.3 Å². The first-order valence-corrected chi connectivity index (χ1v) is 3.58. The third-order valence-electron chi connectivity index (χ3n) is 1.00. The minimum atomic E-state index is -0.135. The molecule has 1 unspecified atom stereocenters. The van der Waals surface area contributed by atoms with Crippen molar-refractivity contribution < 1.29 is 5.11 Å². The monoisotopic (exact) mass is 190 g/mol. The topological polar surface area (TPSA) is 20.2 Å². The van der Waals surface area contributed by atoms with Gasteiger partial charge in [-0.15, -0.1) is 5.73 Å². The molecule has 0 aliphatic carbocycles. The molecule has 0 fully saturated rings. The highest BCUT2D eigenvalue weighted by molar-refractivity contribution is 9.10. The van der Waals surface area contributed by atoms with Gasteiger partial charge in [0.15, 0.2) is 0 Å². The molecule has 0 aromatic heterocycles. The smallest absolute Gasteiger partial charge is 0.0503 e. The van der Waals surface area contributed by atoms with E-state index in [0.717, 1.165) is 0 Å². The van der Waals surface area contributed by atoms with E-state index in [1.807, 2.05) is 6.92 Å². The van der Waals surface area contributed by atoms with Crippen LogP contribution in [0.2, 0.25) is 0 Å². The standard InChI is InChI=1S/C7H11BrO/c1-3-4-7(2,8)5-6-9/h4,9H,1,5-6H2,2H3. The van der Waals surface area contributed by atoms with Crippen molar-refractivity contribution in [2.45, 2.75) is 17.7 Å². The van der Waals surface area contributed by atoms with Gasteiger partial charge in [0.2, 0.25) is 0 Å². The number of aliphatic hydroxyl groups is 1. The highest BCUT2D eigenvalue weighted by atomic mass is 79.9. The van der Waals surface area contributed by atoms with Gasteiger partial charge in [0, 0.05) is 6.61 Å². The molecule has 0 aromatic carbocycles. The Morgan fingerprint density at radius 2 is 2.44 bits per heavy atom. The van der Waals surface area contributed by atoms with Crippen LogP contribution in [0.25, 0.3) is 0 Å². The first kappa shape index (κ1) is 8.96. The lowest BCUT2D eigenvalue weighted by Crippen LogP contribution is -2.12. The van der Waals surface area contributed by atoms with Crippen molar-refractivity contribution in [3.8, 4) is 0 Å². The number of alkyl halides is 1. The SMILES string of the molecule is C=C=CC(C)(Br)CCO. The normalized spacial score (nSPS) is 15.9. The summed E-state index contributed by atoms with van der Waals surface area (Å²) in [6.45, 7) is 5.58. The first-order valence-electron chi connectivity index (χ1n) is 2.79. The second-order valence-corrected chi connectivity index (χ2v) is 3.91. The summed E-state index contributed by atoms with van der Waals surface area (Å²) < 4.78 is -0.135. The van der Waals surface area contributed by atoms with E-state index in [9.17, 15) is 0 Å². The molecule has 1 atom stereocenters. The molecule has 0 aliphatic heterocycles. The van der Waals surface area contributed by atoms with Gasteiger partial charge in [-0.25, -0.2) is 0 Å². The second-order valence-electron chi connectivity index (χ2n) is 2.10. The molecule has 0 rings (SSSR count). The van der Waals surface area contributed by atoms with Gasteiger partial charge >= 0.3 is 0 Å². The fraction of sp³-hybridized carbons (Fsp3) is 0.571. The third kappa shape index (κ3) is 4.46. The summed E-state index contributed by atoms with van der Waals surface area (Å²) in [6.07, 6.45) is 2.48. The molecular weight excluding hydrogens is 180 g/mol. The van der Waals surface area contributed by atoms with E-state index in [1.165, 1.54) is 0 Å². The molecule has 0 bridgehead atoms. The summed E-state index contributed by atoms with van der Waals surface area (Å²) in [4.78, 5) is 0. The zero-order chi connectivity index (χ0) is 7.33. The molecule has 0 radical (unpaired) electrons. The van der Waals surface area contributed by atoms with Gasteiger partial charge in [0.05, 0.1) is 4.32 Å². The molecule has 1 nitrogen and oxygen atoms in total. The maximum Gasteiger partial charge on any atom is 0.0503 e. The van der Waals surface area contributed by atoms with E-state index in [4.69, 9.17) is 5.11 Å². The molecule has 1 N–H and O–H groups in total. The predicted octanol–water partition coefficient (Wildman–Crippen LogP) is 1.86. The summed E-state index contributed by atoms with van der Waals surface area (Å²) in [6, 6.07) is 0. The summed E-state index contributed by atoms with van der Waals surface area (Å²) in [7, 11) is 0. The number of allylic oxidation sites excluding steroid dienone is 1. The van der Waals surface area contributed by atoms with Crippen LogP contribution in [0.5, 0.6) is 0 Å². The minimum Gasteiger partial charge on any atom is -0.396 e. The number of hydrogen-bond donors (Lipinski definition) is 1. The lowest BCUT2D eigenvalue weighted by molar-refractivity contribution is 0.281. The Balaban J connectivity index is 3.85. The molecule has 0 amide bonds. The maximum atomic E-state index is 8.53. The summed E-state index contributed by atoms with van der Waals surface area (Å²) in [5, 5.41) is 8.53. The molecule has 2 heteroatoms. The van der Waals surface area contributed by atoms with E-state index < -0.39 is 0 Å². The highest BCUT2D eigenvalue weighted by Crippen LogP contribution is 2.21. The predicted molar refractivity (Wildman–Crippen MR) is 42.7 cm³/mol. The Morgan fingerprint density at radius 3 is 2.78 bits per heavy atom. The first-order chi connectivity index (χ1) is 4.12. The van der Waals surface area contributed by atoms with Gasteiger partial charge < -0.3 is 5.11 Å². The molecule has 9 heavy (non-hydrogen) atoms. The lowest BCUT2D eigenvalue weighted by Gasteiger charge is -2.13. The highest BCUT2D eigenvalue weighted by Gasteiger charge is 2.13. The zero-order valence-corrected chi connectivity index (χ0v) is 7.11. The number of aliphatic hydroxyl groups excluding tert-OH is 1. The average molecular weight is 191 g/mol. The van der Waals surface area contributed by atoms with Gasteiger partial charge in [-0.1, -0.05) is 22.5 Å². The molecule has 0 spiro atoms. The van der Waals surface area contributed by atoms with Gasteiger partial charge in [0.1, 0.15) is 0 Å². The lowest BCUT2D eigenvalue weighted by atomic mass is 10.1. The molecule has 0 saturated heterocycles. The molecule has 0 aromatic rings. The van der Waals surface area contributed by atoms with Crippen LogP contribution < -0.4 is 0 Å². The third-order valence-corrected chi connectivity index (χ3v) is 1.63.